The number of rotatable bonds is 4. The van der Waals surface area contributed by atoms with Gasteiger partial charge in [0.05, 0.1) is 11.5 Å². The van der Waals surface area contributed by atoms with Gasteiger partial charge in [0.25, 0.3) is 0 Å². The van der Waals surface area contributed by atoms with Crippen LogP contribution in [0.15, 0.2) is 30.3 Å². The Labute approximate surface area is 144 Å². The standard InChI is InChI=1S/C18H26N2O3S/c21-18(14-16-6-12-24(22,23)13-7-16)20-10-8-19(9-11-20)15-17-4-2-1-3-5-17/h1-5,16H,6-15H2. The van der Waals surface area contributed by atoms with E-state index in [1.54, 1.807) is 0 Å². The van der Waals surface area contributed by atoms with Gasteiger partial charge in [0.15, 0.2) is 0 Å². The van der Waals surface area contributed by atoms with E-state index >= 15 is 0 Å². The molecule has 1 amide bonds. The lowest BCUT2D eigenvalue weighted by Gasteiger charge is -2.35. The highest BCUT2D eigenvalue weighted by atomic mass is 32.2. The summed E-state index contributed by atoms with van der Waals surface area (Å²) in [7, 11) is -2.84. The van der Waals surface area contributed by atoms with E-state index in [1.807, 2.05) is 11.0 Å². The van der Waals surface area contributed by atoms with Crippen molar-refractivity contribution in [2.24, 2.45) is 5.92 Å². The molecule has 2 aliphatic heterocycles. The normalized spacial score (nSPS) is 22.4. The van der Waals surface area contributed by atoms with Gasteiger partial charge in [0, 0.05) is 39.1 Å². The molecule has 3 rings (SSSR count). The molecule has 0 N–H and O–H groups in total. The average molecular weight is 350 g/mol. The molecule has 1 aromatic rings. The molecular formula is C18H26N2O3S. The van der Waals surface area contributed by atoms with Gasteiger partial charge in [-0.15, -0.1) is 0 Å². The Bertz CT molecular complexity index is 638. The number of hydrogen-bond acceptors (Lipinski definition) is 4. The van der Waals surface area contributed by atoms with Crippen LogP contribution in [0.1, 0.15) is 24.8 Å². The lowest BCUT2D eigenvalue weighted by molar-refractivity contribution is -0.134. The molecule has 0 aliphatic carbocycles. The lowest BCUT2D eigenvalue weighted by atomic mass is 9.98. The zero-order valence-corrected chi connectivity index (χ0v) is 14.9. The summed E-state index contributed by atoms with van der Waals surface area (Å²) in [5.41, 5.74) is 1.31. The Morgan fingerprint density at radius 2 is 1.62 bits per heavy atom. The zero-order chi connectivity index (χ0) is 17.0. The van der Waals surface area contributed by atoms with E-state index < -0.39 is 9.84 Å². The molecule has 1 aromatic carbocycles. The van der Waals surface area contributed by atoms with Gasteiger partial charge in [-0.05, 0) is 24.3 Å². The molecular weight excluding hydrogens is 324 g/mol. The van der Waals surface area contributed by atoms with Gasteiger partial charge in [-0.2, -0.15) is 0 Å². The van der Waals surface area contributed by atoms with E-state index in [0.29, 0.717) is 19.3 Å². The summed E-state index contributed by atoms with van der Waals surface area (Å²) in [4.78, 5) is 16.8. The molecule has 0 unspecified atom stereocenters. The molecule has 2 saturated heterocycles. The number of nitrogens with zero attached hydrogens (tertiary/aromatic N) is 2. The first kappa shape index (κ1) is 17.4. The van der Waals surface area contributed by atoms with E-state index in [2.05, 4.69) is 29.2 Å². The van der Waals surface area contributed by atoms with Gasteiger partial charge in [-0.25, -0.2) is 8.42 Å². The van der Waals surface area contributed by atoms with E-state index in [0.717, 1.165) is 32.7 Å². The van der Waals surface area contributed by atoms with Gasteiger partial charge < -0.3 is 4.90 Å². The van der Waals surface area contributed by atoms with Crippen LogP contribution in [0, 0.1) is 5.92 Å². The van der Waals surface area contributed by atoms with Crippen LogP contribution in [-0.4, -0.2) is 61.8 Å². The van der Waals surface area contributed by atoms with E-state index in [9.17, 15) is 13.2 Å². The number of amides is 1. The SMILES string of the molecule is O=C(CC1CCS(=O)(=O)CC1)N1CCN(Cc2ccccc2)CC1. The van der Waals surface area contributed by atoms with Crippen LogP contribution in [0.4, 0.5) is 0 Å². The van der Waals surface area contributed by atoms with Gasteiger partial charge in [0.1, 0.15) is 9.84 Å². The molecule has 132 valence electrons. The van der Waals surface area contributed by atoms with Crippen LogP contribution in [0.3, 0.4) is 0 Å². The smallest absolute Gasteiger partial charge is 0.222 e. The minimum Gasteiger partial charge on any atom is -0.340 e. The number of carbonyl (C=O) groups excluding carboxylic acids is 1. The lowest BCUT2D eigenvalue weighted by Crippen LogP contribution is -2.48. The molecule has 0 spiro atoms. The Morgan fingerprint density at radius 3 is 2.25 bits per heavy atom. The second-order valence-electron chi connectivity index (χ2n) is 6.94. The molecule has 2 heterocycles. The topological polar surface area (TPSA) is 57.7 Å². The highest BCUT2D eigenvalue weighted by molar-refractivity contribution is 7.91. The molecule has 0 saturated carbocycles. The maximum absolute atomic E-state index is 12.5. The molecule has 24 heavy (non-hydrogen) atoms. The van der Waals surface area contributed by atoms with Crippen LogP contribution in [0.2, 0.25) is 0 Å². The molecule has 5 nitrogen and oxygen atoms in total. The van der Waals surface area contributed by atoms with Crippen molar-refractivity contribution < 1.29 is 13.2 Å². The second-order valence-corrected chi connectivity index (χ2v) is 9.25. The highest BCUT2D eigenvalue weighted by Gasteiger charge is 2.28. The zero-order valence-electron chi connectivity index (χ0n) is 14.1. The van der Waals surface area contributed by atoms with E-state index in [-0.39, 0.29) is 23.3 Å². The molecule has 0 radical (unpaired) electrons. The third-order valence-electron chi connectivity index (χ3n) is 5.11. The minimum atomic E-state index is -2.84. The van der Waals surface area contributed by atoms with Gasteiger partial charge in [0.2, 0.25) is 5.91 Å². The van der Waals surface area contributed by atoms with Crippen molar-refractivity contribution in [3.63, 3.8) is 0 Å². The predicted octanol–water partition coefficient (Wildman–Crippen LogP) is 1.55. The Morgan fingerprint density at radius 1 is 1.00 bits per heavy atom. The van der Waals surface area contributed by atoms with Crippen LogP contribution < -0.4 is 0 Å². The number of hydrogen-bond donors (Lipinski definition) is 0. The maximum Gasteiger partial charge on any atom is 0.222 e. The van der Waals surface area contributed by atoms with Crippen LogP contribution >= 0.6 is 0 Å². The van der Waals surface area contributed by atoms with Crippen molar-refractivity contribution in [2.75, 3.05) is 37.7 Å². The minimum absolute atomic E-state index is 0.193. The second kappa shape index (κ2) is 7.66. The molecule has 0 aromatic heterocycles. The molecule has 0 bridgehead atoms. The van der Waals surface area contributed by atoms with Crippen molar-refractivity contribution in [2.45, 2.75) is 25.8 Å². The van der Waals surface area contributed by atoms with Crippen molar-refractivity contribution in [3.05, 3.63) is 35.9 Å². The largest absolute Gasteiger partial charge is 0.340 e. The number of carbonyl (C=O) groups is 1. The fourth-order valence-corrected chi connectivity index (χ4v) is 5.11. The summed E-state index contributed by atoms with van der Waals surface area (Å²) < 4.78 is 22.9. The van der Waals surface area contributed by atoms with Gasteiger partial charge >= 0.3 is 0 Å². The Kier molecular flexibility index (Phi) is 5.56. The highest BCUT2D eigenvalue weighted by Crippen LogP contribution is 2.23. The first-order valence-corrected chi connectivity index (χ1v) is 10.6. The van der Waals surface area contributed by atoms with E-state index in [1.165, 1.54) is 5.56 Å². The Balaban J connectivity index is 1.42. The van der Waals surface area contributed by atoms with Crippen LogP contribution in [0.5, 0.6) is 0 Å². The van der Waals surface area contributed by atoms with Crippen LogP contribution in [0.25, 0.3) is 0 Å². The maximum atomic E-state index is 12.5. The number of sulfone groups is 1. The van der Waals surface area contributed by atoms with Crippen molar-refractivity contribution in [1.29, 1.82) is 0 Å². The summed E-state index contributed by atoms with van der Waals surface area (Å²) in [5, 5.41) is 0. The van der Waals surface area contributed by atoms with E-state index in [4.69, 9.17) is 0 Å². The number of benzene rings is 1. The fourth-order valence-electron chi connectivity index (χ4n) is 3.52. The third-order valence-corrected chi connectivity index (χ3v) is 6.83. The van der Waals surface area contributed by atoms with Gasteiger partial charge in [-0.3, -0.25) is 9.69 Å². The molecule has 2 aliphatic rings. The number of piperazine rings is 1. The first-order valence-electron chi connectivity index (χ1n) is 8.76. The first-order chi connectivity index (χ1) is 11.5. The molecule has 0 atom stereocenters. The summed E-state index contributed by atoms with van der Waals surface area (Å²) in [6, 6.07) is 10.4. The molecule has 6 heteroatoms. The van der Waals surface area contributed by atoms with Crippen molar-refractivity contribution >= 4 is 15.7 Å². The average Bonchev–Trinajstić information content (AvgIpc) is 2.58. The summed E-state index contributed by atoms with van der Waals surface area (Å²) in [6.45, 7) is 4.29. The fraction of sp³-hybridized carbons (Fsp3) is 0.611. The predicted molar refractivity (Wildman–Crippen MR) is 94.3 cm³/mol. The third kappa shape index (κ3) is 4.80. The summed E-state index contributed by atoms with van der Waals surface area (Å²) in [5.74, 6) is 0.924. The Hall–Kier alpha value is -1.40. The van der Waals surface area contributed by atoms with Crippen LogP contribution in [-0.2, 0) is 21.2 Å². The monoisotopic (exact) mass is 350 g/mol. The molecule has 2 fully saturated rings. The van der Waals surface area contributed by atoms with Crippen molar-refractivity contribution in [1.82, 2.24) is 9.80 Å². The summed E-state index contributed by atoms with van der Waals surface area (Å²) >= 11 is 0. The quantitative estimate of drug-likeness (QED) is 0.827. The summed E-state index contributed by atoms with van der Waals surface area (Å²) in [6.07, 6.45) is 1.79. The van der Waals surface area contributed by atoms with Gasteiger partial charge in [-0.1, -0.05) is 30.3 Å². The van der Waals surface area contributed by atoms with Crippen molar-refractivity contribution in [3.8, 4) is 0 Å².